The van der Waals surface area contributed by atoms with Crippen molar-refractivity contribution < 1.29 is 18.7 Å². The number of rotatable bonds is 3. The van der Waals surface area contributed by atoms with Gasteiger partial charge < -0.3 is 14.5 Å². The van der Waals surface area contributed by atoms with Crippen molar-refractivity contribution >= 4 is 28.5 Å². The highest BCUT2D eigenvalue weighted by Crippen LogP contribution is 2.32. The lowest BCUT2D eigenvalue weighted by Crippen LogP contribution is -1.94. The number of carboxylic acids is 1. The maximum absolute atomic E-state index is 14.0. The van der Waals surface area contributed by atoms with Gasteiger partial charge in [0.2, 0.25) is 0 Å². The molecule has 2 aromatic heterocycles. The van der Waals surface area contributed by atoms with Crippen molar-refractivity contribution in [3.8, 4) is 22.8 Å². The van der Waals surface area contributed by atoms with Crippen molar-refractivity contribution in [2.24, 2.45) is 0 Å². The number of benzene rings is 2. The number of hydrogen-bond acceptors (Lipinski definition) is 3. The summed E-state index contributed by atoms with van der Waals surface area (Å²) in [5.41, 5.74) is 1.42. The van der Waals surface area contributed by atoms with Crippen LogP contribution in [0.5, 0.6) is 0 Å². The Hall–Kier alpha value is -3.12. The predicted octanol–water partition coefficient (Wildman–Crippen LogP) is 4.98. The molecule has 5 nitrogen and oxygen atoms in total. The zero-order valence-electron chi connectivity index (χ0n) is 12.6. The van der Waals surface area contributed by atoms with Crippen LogP contribution in [0.2, 0.25) is 5.02 Å². The van der Waals surface area contributed by atoms with Gasteiger partial charge in [-0.05, 0) is 36.4 Å². The van der Waals surface area contributed by atoms with Gasteiger partial charge in [0.1, 0.15) is 22.9 Å². The van der Waals surface area contributed by atoms with Crippen LogP contribution in [-0.2, 0) is 0 Å². The molecule has 0 saturated carbocycles. The Morgan fingerprint density at radius 2 is 2.08 bits per heavy atom. The van der Waals surface area contributed by atoms with E-state index in [1.165, 1.54) is 30.5 Å². The summed E-state index contributed by atoms with van der Waals surface area (Å²) in [5.74, 6) is -0.750. The number of nitrogens with one attached hydrogen (secondary N) is 1. The van der Waals surface area contributed by atoms with Crippen LogP contribution in [0, 0.1) is 5.82 Å². The lowest BCUT2D eigenvalue weighted by Gasteiger charge is -2.01. The fourth-order valence-corrected chi connectivity index (χ4v) is 2.86. The molecular formula is C18H10ClFN2O3. The van der Waals surface area contributed by atoms with E-state index in [0.717, 1.165) is 0 Å². The zero-order chi connectivity index (χ0) is 17.6. The number of aromatic amines is 1. The van der Waals surface area contributed by atoms with E-state index in [-0.39, 0.29) is 22.0 Å². The zero-order valence-corrected chi connectivity index (χ0v) is 13.3. The SMILES string of the molecule is O=C(O)c1ccc2oc(-c3cnc(-c4c(F)cccc4Cl)[nH]3)cc2c1. The average molecular weight is 357 g/mol. The molecule has 4 aromatic rings. The molecule has 0 spiro atoms. The second-order valence-electron chi connectivity index (χ2n) is 5.41. The van der Waals surface area contributed by atoms with E-state index < -0.39 is 11.8 Å². The minimum absolute atomic E-state index is 0.170. The first-order chi connectivity index (χ1) is 12.0. The molecule has 0 radical (unpaired) electrons. The van der Waals surface area contributed by atoms with Gasteiger partial charge in [-0.1, -0.05) is 17.7 Å². The highest BCUT2D eigenvalue weighted by molar-refractivity contribution is 6.33. The van der Waals surface area contributed by atoms with Gasteiger partial charge in [-0.15, -0.1) is 0 Å². The Morgan fingerprint density at radius 3 is 2.84 bits per heavy atom. The molecule has 0 bridgehead atoms. The van der Waals surface area contributed by atoms with Gasteiger partial charge in [-0.25, -0.2) is 14.2 Å². The predicted molar refractivity (Wildman–Crippen MR) is 91.2 cm³/mol. The average Bonchev–Trinajstić information content (AvgIpc) is 3.20. The van der Waals surface area contributed by atoms with E-state index in [4.69, 9.17) is 21.1 Å². The van der Waals surface area contributed by atoms with Crippen LogP contribution < -0.4 is 0 Å². The molecule has 0 amide bonds. The van der Waals surface area contributed by atoms with Crippen molar-refractivity contribution in [3.05, 3.63) is 65.1 Å². The molecule has 2 N–H and O–H groups in total. The monoisotopic (exact) mass is 356 g/mol. The van der Waals surface area contributed by atoms with E-state index in [9.17, 15) is 9.18 Å². The van der Waals surface area contributed by atoms with E-state index in [1.54, 1.807) is 18.2 Å². The van der Waals surface area contributed by atoms with Crippen LogP contribution in [0.4, 0.5) is 4.39 Å². The summed E-state index contributed by atoms with van der Waals surface area (Å²) < 4.78 is 19.7. The fourth-order valence-electron chi connectivity index (χ4n) is 2.61. The number of H-pyrrole nitrogens is 1. The molecule has 0 fully saturated rings. The third-order valence-electron chi connectivity index (χ3n) is 3.80. The molecular weight excluding hydrogens is 347 g/mol. The summed E-state index contributed by atoms with van der Waals surface area (Å²) in [6.07, 6.45) is 1.51. The van der Waals surface area contributed by atoms with Crippen molar-refractivity contribution in [2.75, 3.05) is 0 Å². The Bertz CT molecular complexity index is 1100. The van der Waals surface area contributed by atoms with E-state index in [1.807, 2.05) is 0 Å². The number of nitrogens with zero attached hydrogens (tertiary/aromatic N) is 1. The first-order valence-electron chi connectivity index (χ1n) is 7.29. The normalized spacial score (nSPS) is 11.1. The lowest BCUT2D eigenvalue weighted by atomic mass is 10.1. The summed E-state index contributed by atoms with van der Waals surface area (Å²) >= 11 is 6.05. The Balaban J connectivity index is 1.77. The van der Waals surface area contributed by atoms with Gasteiger partial charge in [-0.3, -0.25) is 0 Å². The number of aromatic nitrogens is 2. The molecule has 4 rings (SSSR count). The number of imidazole rings is 1. The van der Waals surface area contributed by atoms with Crippen LogP contribution in [0.1, 0.15) is 10.4 Å². The lowest BCUT2D eigenvalue weighted by molar-refractivity contribution is 0.0697. The van der Waals surface area contributed by atoms with Gasteiger partial charge in [-0.2, -0.15) is 0 Å². The molecule has 0 saturated heterocycles. The highest BCUT2D eigenvalue weighted by atomic mass is 35.5. The molecule has 0 aliphatic heterocycles. The van der Waals surface area contributed by atoms with Gasteiger partial charge in [0.15, 0.2) is 5.76 Å². The quantitative estimate of drug-likeness (QED) is 0.542. The molecule has 0 atom stereocenters. The second-order valence-corrected chi connectivity index (χ2v) is 5.82. The van der Waals surface area contributed by atoms with Gasteiger partial charge in [0.05, 0.1) is 22.3 Å². The molecule has 0 aliphatic carbocycles. The Morgan fingerprint density at radius 1 is 1.24 bits per heavy atom. The van der Waals surface area contributed by atoms with Crippen molar-refractivity contribution in [3.63, 3.8) is 0 Å². The topological polar surface area (TPSA) is 79.1 Å². The number of carbonyl (C=O) groups is 1. The molecule has 25 heavy (non-hydrogen) atoms. The number of halogens is 2. The van der Waals surface area contributed by atoms with Crippen LogP contribution in [-0.4, -0.2) is 21.0 Å². The van der Waals surface area contributed by atoms with Crippen LogP contribution in [0.15, 0.2) is 53.1 Å². The number of fused-ring (bicyclic) bond motifs is 1. The van der Waals surface area contributed by atoms with E-state index >= 15 is 0 Å². The van der Waals surface area contributed by atoms with Crippen LogP contribution in [0.3, 0.4) is 0 Å². The standard InChI is InChI=1S/C18H10ClFN2O3/c19-11-2-1-3-12(20)16(11)17-21-8-13(22-17)15-7-10-6-9(18(23)24)4-5-14(10)25-15/h1-8H,(H,21,22)(H,23,24). The largest absolute Gasteiger partial charge is 0.478 e. The Labute approximate surface area is 145 Å². The first kappa shape index (κ1) is 15.4. The summed E-state index contributed by atoms with van der Waals surface area (Å²) in [5, 5.41) is 9.95. The molecule has 124 valence electrons. The number of hydrogen-bond donors (Lipinski definition) is 2. The number of furan rings is 1. The maximum atomic E-state index is 14.0. The fraction of sp³-hybridized carbons (Fsp3) is 0. The summed E-state index contributed by atoms with van der Waals surface area (Å²) in [6.45, 7) is 0. The Kier molecular flexibility index (Phi) is 3.54. The van der Waals surface area contributed by atoms with Gasteiger partial charge in [0.25, 0.3) is 0 Å². The molecule has 2 aromatic carbocycles. The maximum Gasteiger partial charge on any atom is 0.335 e. The minimum Gasteiger partial charge on any atom is -0.478 e. The molecule has 0 unspecified atom stereocenters. The third kappa shape index (κ3) is 2.66. The van der Waals surface area contributed by atoms with Crippen molar-refractivity contribution in [2.45, 2.75) is 0 Å². The third-order valence-corrected chi connectivity index (χ3v) is 4.12. The highest BCUT2D eigenvalue weighted by Gasteiger charge is 2.16. The summed E-state index contributed by atoms with van der Waals surface area (Å²) in [7, 11) is 0. The van der Waals surface area contributed by atoms with Crippen molar-refractivity contribution in [1.29, 1.82) is 0 Å². The van der Waals surface area contributed by atoms with Crippen molar-refractivity contribution in [1.82, 2.24) is 9.97 Å². The van der Waals surface area contributed by atoms with Crippen LogP contribution >= 0.6 is 11.6 Å². The van der Waals surface area contributed by atoms with Gasteiger partial charge in [0, 0.05) is 5.39 Å². The molecule has 0 aliphatic rings. The second kappa shape index (κ2) is 5.75. The minimum atomic E-state index is -1.01. The van der Waals surface area contributed by atoms with Crippen LogP contribution in [0.25, 0.3) is 33.8 Å². The van der Waals surface area contributed by atoms with E-state index in [0.29, 0.717) is 22.4 Å². The summed E-state index contributed by atoms with van der Waals surface area (Å²) in [4.78, 5) is 18.2. The number of carboxylic acid groups (broad SMARTS) is 1. The van der Waals surface area contributed by atoms with Gasteiger partial charge >= 0.3 is 5.97 Å². The first-order valence-corrected chi connectivity index (χ1v) is 7.67. The summed E-state index contributed by atoms with van der Waals surface area (Å²) in [6, 6.07) is 10.7. The molecule has 7 heteroatoms. The molecule has 2 heterocycles. The van der Waals surface area contributed by atoms with E-state index in [2.05, 4.69) is 9.97 Å². The number of aromatic carboxylic acids is 1. The smallest absolute Gasteiger partial charge is 0.335 e.